The second-order valence-electron chi connectivity index (χ2n) is 7.20. The van der Waals surface area contributed by atoms with E-state index in [1.165, 1.54) is 47.1 Å². The molecule has 0 fully saturated rings. The van der Waals surface area contributed by atoms with Gasteiger partial charge in [-0.15, -0.1) is 0 Å². The van der Waals surface area contributed by atoms with Crippen LogP contribution >= 0.6 is 0 Å². The molecule has 1 aliphatic rings. The standard InChI is InChI=1S/C26H26/c1-2-3-17-23(20-12-6-4-7-13-20)26-24-18-11-10-16-22(24)19-25(26)21-14-8-5-9-15-21/h4-16,18,23H,2-3,17,19H2,1H3. The largest absolute Gasteiger partial charge is 0.0654 e. The van der Waals surface area contributed by atoms with Gasteiger partial charge in [-0.3, -0.25) is 0 Å². The Hall–Kier alpha value is -2.60. The summed E-state index contributed by atoms with van der Waals surface area (Å²) in [5, 5.41) is 0. The van der Waals surface area contributed by atoms with Crippen LogP contribution in [0.25, 0.3) is 11.1 Å². The molecule has 0 nitrogen and oxygen atoms in total. The molecular formula is C26H26. The predicted molar refractivity (Wildman–Crippen MR) is 112 cm³/mol. The molecule has 0 N–H and O–H groups in total. The second kappa shape index (κ2) is 7.74. The Morgan fingerprint density at radius 3 is 2.15 bits per heavy atom. The van der Waals surface area contributed by atoms with Crippen LogP contribution in [0.2, 0.25) is 0 Å². The molecule has 0 amide bonds. The second-order valence-corrected chi connectivity index (χ2v) is 7.20. The van der Waals surface area contributed by atoms with Crippen molar-refractivity contribution in [2.75, 3.05) is 0 Å². The third kappa shape index (κ3) is 3.24. The highest BCUT2D eigenvalue weighted by molar-refractivity contribution is 5.99. The number of hydrogen-bond acceptors (Lipinski definition) is 0. The molecule has 0 saturated carbocycles. The van der Waals surface area contributed by atoms with Gasteiger partial charge in [0.25, 0.3) is 0 Å². The lowest BCUT2D eigenvalue weighted by atomic mass is 9.82. The quantitative estimate of drug-likeness (QED) is 0.448. The average molecular weight is 338 g/mol. The fourth-order valence-electron chi connectivity index (χ4n) is 4.25. The first kappa shape index (κ1) is 16.8. The number of allylic oxidation sites excluding steroid dienone is 2. The Labute approximate surface area is 157 Å². The van der Waals surface area contributed by atoms with Gasteiger partial charge in [-0.2, -0.15) is 0 Å². The van der Waals surface area contributed by atoms with Gasteiger partial charge in [0.15, 0.2) is 0 Å². The first-order valence-corrected chi connectivity index (χ1v) is 9.80. The van der Waals surface area contributed by atoms with Crippen molar-refractivity contribution in [2.24, 2.45) is 0 Å². The van der Waals surface area contributed by atoms with Crippen molar-refractivity contribution >= 4 is 11.1 Å². The smallest absolute Gasteiger partial charge is 0.00984 e. The molecule has 0 bridgehead atoms. The van der Waals surface area contributed by atoms with Gasteiger partial charge in [0.05, 0.1) is 0 Å². The van der Waals surface area contributed by atoms with Crippen LogP contribution in [0.3, 0.4) is 0 Å². The maximum absolute atomic E-state index is 2.32. The number of rotatable bonds is 6. The van der Waals surface area contributed by atoms with E-state index in [4.69, 9.17) is 0 Å². The summed E-state index contributed by atoms with van der Waals surface area (Å²) in [6.07, 6.45) is 4.75. The van der Waals surface area contributed by atoms with Gasteiger partial charge < -0.3 is 0 Å². The maximum atomic E-state index is 2.32. The molecule has 26 heavy (non-hydrogen) atoms. The molecule has 0 heterocycles. The van der Waals surface area contributed by atoms with Crippen LogP contribution < -0.4 is 0 Å². The van der Waals surface area contributed by atoms with Gasteiger partial charge in [0.2, 0.25) is 0 Å². The summed E-state index contributed by atoms with van der Waals surface area (Å²) in [4.78, 5) is 0. The molecule has 0 spiro atoms. The van der Waals surface area contributed by atoms with Crippen LogP contribution in [0.4, 0.5) is 0 Å². The highest BCUT2D eigenvalue weighted by Gasteiger charge is 2.28. The van der Waals surface area contributed by atoms with E-state index in [0.29, 0.717) is 5.92 Å². The molecule has 3 aromatic carbocycles. The normalized spacial score (nSPS) is 14.3. The summed E-state index contributed by atoms with van der Waals surface area (Å²) in [6, 6.07) is 31.0. The van der Waals surface area contributed by atoms with E-state index in [9.17, 15) is 0 Å². The minimum Gasteiger partial charge on any atom is -0.0654 e. The molecule has 0 aliphatic heterocycles. The molecule has 4 rings (SSSR count). The molecule has 0 aromatic heterocycles. The number of benzene rings is 3. The van der Waals surface area contributed by atoms with Crippen LogP contribution in [0.5, 0.6) is 0 Å². The van der Waals surface area contributed by atoms with E-state index < -0.39 is 0 Å². The van der Waals surface area contributed by atoms with Gasteiger partial charge in [-0.05, 0) is 46.2 Å². The summed E-state index contributed by atoms with van der Waals surface area (Å²) in [5.74, 6) is 0.468. The molecule has 0 heteroatoms. The Morgan fingerprint density at radius 1 is 0.769 bits per heavy atom. The zero-order valence-corrected chi connectivity index (χ0v) is 15.5. The molecule has 0 saturated heterocycles. The van der Waals surface area contributed by atoms with E-state index in [0.717, 1.165) is 6.42 Å². The van der Waals surface area contributed by atoms with Crippen LogP contribution in [0, 0.1) is 0 Å². The first-order chi connectivity index (χ1) is 12.9. The number of unbranched alkanes of at least 4 members (excludes halogenated alkanes) is 1. The first-order valence-electron chi connectivity index (χ1n) is 9.80. The summed E-state index contributed by atoms with van der Waals surface area (Å²) in [6.45, 7) is 2.29. The summed E-state index contributed by atoms with van der Waals surface area (Å²) < 4.78 is 0. The topological polar surface area (TPSA) is 0 Å². The zero-order chi connectivity index (χ0) is 17.8. The molecule has 1 atom stereocenters. The van der Waals surface area contributed by atoms with Crippen LogP contribution in [0.15, 0.2) is 84.9 Å². The van der Waals surface area contributed by atoms with Gasteiger partial charge in [-0.1, -0.05) is 105 Å². The molecule has 1 aliphatic carbocycles. The molecule has 130 valence electrons. The lowest BCUT2D eigenvalue weighted by molar-refractivity contribution is 0.674. The molecule has 0 radical (unpaired) electrons. The number of fused-ring (bicyclic) bond motifs is 1. The Bertz CT molecular complexity index is 888. The third-order valence-electron chi connectivity index (χ3n) is 5.52. The van der Waals surface area contributed by atoms with E-state index in [-0.39, 0.29) is 0 Å². The van der Waals surface area contributed by atoms with Crippen LogP contribution in [0.1, 0.15) is 54.4 Å². The Morgan fingerprint density at radius 2 is 1.42 bits per heavy atom. The monoisotopic (exact) mass is 338 g/mol. The fraction of sp³-hybridized carbons (Fsp3) is 0.231. The molecule has 3 aromatic rings. The van der Waals surface area contributed by atoms with Crippen molar-refractivity contribution in [3.8, 4) is 0 Å². The number of hydrogen-bond donors (Lipinski definition) is 0. The van der Waals surface area contributed by atoms with Crippen molar-refractivity contribution in [3.05, 3.63) is 107 Å². The van der Waals surface area contributed by atoms with Gasteiger partial charge in [-0.25, -0.2) is 0 Å². The van der Waals surface area contributed by atoms with E-state index >= 15 is 0 Å². The van der Waals surface area contributed by atoms with Crippen LogP contribution in [-0.2, 0) is 6.42 Å². The fourth-order valence-corrected chi connectivity index (χ4v) is 4.25. The minimum absolute atomic E-state index is 0.468. The van der Waals surface area contributed by atoms with E-state index in [1.54, 1.807) is 5.57 Å². The van der Waals surface area contributed by atoms with Crippen molar-refractivity contribution < 1.29 is 0 Å². The van der Waals surface area contributed by atoms with Crippen molar-refractivity contribution in [1.29, 1.82) is 0 Å². The minimum atomic E-state index is 0.468. The van der Waals surface area contributed by atoms with Crippen molar-refractivity contribution in [1.82, 2.24) is 0 Å². The van der Waals surface area contributed by atoms with Gasteiger partial charge in [0.1, 0.15) is 0 Å². The van der Waals surface area contributed by atoms with E-state index in [2.05, 4.69) is 91.9 Å². The van der Waals surface area contributed by atoms with E-state index in [1.807, 2.05) is 0 Å². The Balaban J connectivity index is 1.89. The van der Waals surface area contributed by atoms with Gasteiger partial charge in [0, 0.05) is 5.92 Å². The zero-order valence-electron chi connectivity index (χ0n) is 15.5. The molecular weight excluding hydrogens is 312 g/mol. The summed E-state index contributed by atoms with van der Waals surface area (Å²) in [5.41, 5.74) is 8.80. The lowest BCUT2D eigenvalue weighted by Gasteiger charge is -2.22. The van der Waals surface area contributed by atoms with Gasteiger partial charge >= 0.3 is 0 Å². The Kier molecular flexibility index (Phi) is 5.02. The summed E-state index contributed by atoms with van der Waals surface area (Å²) >= 11 is 0. The van der Waals surface area contributed by atoms with Crippen molar-refractivity contribution in [2.45, 2.75) is 38.5 Å². The maximum Gasteiger partial charge on any atom is 0.00984 e. The van der Waals surface area contributed by atoms with Crippen LogP contribution in [-0.4, -0.2) is 0 Å². The summed E-state index contributed by atoms with van der Waals surface area (Å²) in [7, 11) is 0. The highest BCUT2D eigenvalue weighted by Crippen LogP contribution is 2.47. The highest BCUT2D eigenvalue weighted by atomic mass is 14.3. The van der Waals surface area contributed by atoms with Crippen molar-refractivity contribution in [3.63, 3.8) is 0 Å². The lowest BCUT2D eigenvalue weighted by Crippen LogP contribution is -2.03. The SMILES string of the molecule is CCCCC(C1=C(c2ccccc2)Cc2ccccc21)c1ccccc1. The predicted octanol–water partition coefficient (Wildman–Crippen LogP) is 7.13. The third-order valence-corrected chi connectivity index (χ3v) is 5.52. The average Bonchev–Trinajstić information content (AvgIpc) is 3.09. The molecule has 1 unspecified atom stereocenters.